The number of methoxy groups -OCH3 is 1. The average Bonchev–Trinajstić information content (AvgIpc) is 2.50. The number of esters is 1. The summed E-state index contributed by atoms with van der Waals surface area (Å²) < 4.78 is 25.5. The molecule has 4 nitrogen and oxygen atoms in total. The first-order chi connectivity index (χ1) is 5.66. The Morgan fingerprint density at radius 2 is 2.25 bits per heavy atom. The van der Waals surface area contributed by atoms with Crippen LogP contribution in [0.1, 0.15) is 9.67 Å². The minimum Gasteiger partial charge on any atom is -0.465 e. The lowest BCUT2D eigenvalue weighted by Gasteiger charge is -1.94. The number of thiol groups is 1. The summed E-state index contributed by atoms with van der Waals surface area (Å²) in [6.45, 7) is 0. The molecule has 0 N–H and O–H groups in total. The standard InChI is InChI=1S/C6H6O4S2/c1-10-6(7)5-4(12(8)9)2-3-11-5/h2-3,12H,1H3. The number of carbonyl (C=O) groups excluding carboxylic acids is 1. The molecule has 1 aromatic heterocycles. The molecule has 0 saturated carbocycles. The highest BCUT2D eigenvalue weighted by atomic mass is 32.2. The van der Waals surface area contributed by atoms with E-state index in [9.17, 15) is 13.2 Å². The van der Waals surface area contributed by atoms with Gasteiger partial charge in [-0.05, 0) is 11.4 Å². The van der Waals surface area contributed by atoms with Crippen LogP contribution in [0.25, 0.3) is 0 Å². The molecule has 0 saturated heterocycles. The van der Waals surface area contributed by atoms with Crippen molar-refractivity contribution in [1.82, 2.24) is 0 Å². The van der Waals surface area contributed by atoms with E-state index in [1.807, 2.05) is 0 Å². The molecule has 0 fully saturated rings. The van der Waals surface area contributed by atoms with E-state index < -0.39 is 16.7 Å². The van der Waals surface area contributed by atoms with Gasteiger partial charge < -0.3 is 4.74 Å². The Labute approximate surface area is 74.7 Å². The molecule has 6 heteroatoms. The van der Waals surface area contributed by atoms with Crippen LogP contribution in [0.5, 0.6) is 0 Å². The average molecular weight is 206 g/mol. The number of rotatable bonds is 2. The SMILES string of the molecule is COC(=O)c1sccc1[SH](=O)=O. The van der Waals surface area contributed by atoms with Crippen LogP contribution in [0.3, 0.4) is 0 Å². The lowest BCUT2D eigenvalue weighted by atomic mass is 10.5. The van der Waals surface area contributed by atoms with Gasteiger partial charge >= 0.3 is 5.97 Å². The van der Waals surface area contributed by atoms with E-state index in [-0.39, 0.29) is 9.77 Å². The highest BCUT2D eigenvalue weighted by Gasteiger charge is 2.14. The molecular weight excluding hydrogens is 200 g/mol. The van der Waals surface area contributed by atoms with Gasteiger partial charge in [0.25, 0.3) is 0 Å². The van der Waals surface area contributed by atoms with Gasteiger partial charge in [-0.15, -0.1) is 11.3 Å². The van der Waals surface area contributed by atoms with E-state index in [0.29, 0.717) is 0 Å². The van der Waals surface area contributed by atoms with Gasteiger partial charge in [-0.1, -0.05) is 0 Å². The van der Waals surface area contributed by atoms with Crippen LogP contribution in [-0.4, -0.2) is 21.5 Å². The Kier molecular flexibility index (Phi) is 2.83. The summed E-state index contributed by atoms with van der Waals surface area (Å²) in [7, 11) is -1.50. The zero-order valence-corrected chi connectivity index (χ0v) is 7.85. The van der Waals surface area contributed by atoms with Gasteiger partial charge in [-0.3, -0.25) is 0 Å². The maximum Gasteiger partial charge on any atom is 0.349 e. The fourth-order valence-electron chi connectivity index (χ4n) is 0.692. The topological polar surface area (TPSA) is 60.4 Å². The van der Waals surface area contributed by atoms with E-state index in [0.717, 1.165) is 11.3 Å². The van der Waals surface area contributed by atoms with Crippen LogP contribution in [0.4, 0.5) is 0 Å². The summed E-state index contributed by atoms with van der Waals surface area (Å²) >= 11 is 1.05. The van der Waals surface area contributed by atoms with Gasteiger partial charge in [0, 0.05) is 0 Å². The molecule has 12 heavy (non-hydrogen) atoms. The van der Waals surface area contributed by atoms with Crippen molar-refractivity contribution in [1.29, 1.82) is 0 Å². The maximum atomic E-state index is 10.9. The normalized spacial score (nSPS) is 10.2. The van der Waals surface area contributed by atoms with Gasteiger partial charge in [0.1, 0.15) is 4.88 Å². The van der Waals surface area contributed by atoms with Crippen LogP contribution in [-0.2, 0) is 15.4 Å². The fourth-order valence-corrected chi connectivity index (χ4v) is 2.34. The van der Waals surface area contributed by atoms with Crippen LogP contribution in [0, 0.1) is 0 Å². The second kappa shape index (κ2) is 3.68. The van der Waals surface area contributed by atoms with Crippen LogP contribution in [0.2, 0.25) is 0 Å². The first kappa shape index (κ1) is 9.21. The highest BCUT2D eigenvalue weighted by Crippen LogP contribution is 2.18. The fraction of sp³-hybridized carbons (Fsp3) is 0.167. The molecule has 0 radical (unpaired) electrons. The van der Waals surface area contributed by atoms with Crippen molar-refractivity contribution in [3.63, 3.8) is 0 Å². The van der Waals surface area contributed by atoms with Crippen molar-refractivity contribution in [3.05, 3.63) is 16.3 Å². The van der Waals surface area contributed by atoms with Gasteiger partial charge in [0.05, 0.1) is 12.0 Å². The summed E-state index contributed by atoms with van der Waals surface area (Å²) in [5.41, 5.74) is 0. The van der Waals surface area contributed by atoms with Gasteiger partial charge in [0.15, 0.2) is 10.7 Å². The van der Waals surface area contributed by atoms with Crippen molar-refractivity contribution in [2.24, 2.45) is 0 Å². The van der Waals surface area contributed by atoms with E-state index in [2.05, 4.69) is 4.74 Å². The molecule has 0 bridgehead atoms. The number of hydrogen-bond donors (Lipinski definition) is 1. The smallest absolute Gasteiger partial charge is 0.349 e. The molecule has 0 spiro atoms. The third-order valence-corrected chi connectivity index (χ3v) is 3.02. The van der Waals surface area contributed by atoms with Crippen molar-refractivity contribution >= 4 is 28.0 Å². The Hall–Kier alpha value is -0.880. The Morgan fingerprint density at radius 3 is 2.75 bits per heavy atom. The summed E-state index contributed by atoms with van der Waals surface area (Å²) in [4.78, 5) is 11.1. The van der Waals surface area contributed by atoms with Gasteiger partial charge in [0.2, 0.25) is 0 Å². The number of hydrogen-bond acceptors (Lipinski definition) is 5. The van der Waals surface area contributed by atoms with E-state index >= 15 is 0 Å². The molecule has 0 atom stereocenters. The molecule has 1 rings (SSSR count). The van der Waals surface area contributed by atoms with Gasteiger partial charge in [-0.2, -0.15) is 0 Å². The van der Waals surface area contributed by atoms with E-state index in [4.69, 9.17) is 0 Å². The zero-order valence-electron chi connectivity index (χ0n) is 6.14. The minimum absolute atomic E-state index is 0.0295. The van der Waals surface area contributed by atoms with Crippen LogP contribution >= 0.6 is 11.3 Å². The second-order valence-corrected chi connectivity index (χ2v) is 3.80. The largest absolute Gasteiger partial charge is 0.465 e. The van der Waals surface area contributed by atoms with E-state index in [1.54, 1.807) is 0 Å². The lowest BCUT2D eigenvalue weighted by molar-refractivity contribution is 0.0602. The molecule has 66 valence electrons. The van der Waals surface area contributed by atoms with Crippen molar-refractivity contribution < 1.29 is 17.9 Å². The molecule has 0 amide bonds. The van der Waals surface area contributed by atoms with Crippen molar-refractivity contribution in [2.45, 2.75) is 4.90 Å². The molecule has 1 aromatic rings. The lowest BCUT2D eigenvalue weighted by Crippen LogP contribution is -2.00. The second-order valence-electron chi connectivity index (χ2n) is 1.88. The first-order valence-electron chi connectivity index (χ1n) is 2.97. The molecular formula is C6H6O4S2. The number of thiophene rings is 1. The monoisotopic (exact) mass is 206 g/mol. The third-order valence-electron chi connectivity index (χ3n) is 1.21. The maximum absolute atomic E-state index is 10.9. The van der Waals surface area contributed by atoms with Gasteiger partial charge in [-0.25, -0.2) is 13.2 Å². The molecule has 0 aliphatic carbocycles. The zero-order chi connectivity index (χ0) is 9.14. The first-order valence-corrected chi connectivity index (χ1v) is 5.02. The molecule has 0 unspecified atom stereocenters. The Morgan fingerprint density at radius 1 is 1.58 bits per heavy atom. The number of carbonyl (C=O) groups is 1. The van der Waals surface area contributed by atoms with Crippen LogP contribution < -0.4 is 0 Å². The minimum atomic E-state index is -2.71. The summed E-state index contributed by atoms with van der Waals surface area (Å²) in [5, 5.41) is 1.53. The third kappa shape index (κ3) is 1.64. The van der Waals surface area contributed by atoms with Crippen molar-refractivity contribution in [2.75, 3.05) is 7.11 Å². The Balaban J connectivity index is 3.16. The highest BCUT2D eigenvalue weighted by molar-refractivity contribution is 7.72. The van der Waals surface area contributed by atoms with Crippen LogP contribution in [0.15, 0.2) is 16.3 Å². The molecule has 0 aromatic carbocycles. The summed E-state index contributed by atoms with van der Waals surface area (Å²) in [5.74, 6) is -0.612. The summed E-state index contributed by atoms with van der Waals surface area (Å²) in [6.07, 6.45) is 0. The summed E-state index contributed by atoms with van der Waals surface area (Å²) in [6, 6.07) is 1.38. The van der Waals surface area contributed by atoms with E-state index in [1.165, 1.54) is 18.6 Å². The quantitative estimate of drug-likeness (QED) is 0.565. The van der Waals surface area contributed by atoms with Crippen molar-refractivity contribution in [3.8, 4) is 0 Å². The molecule has 0 aliphatic rings. The number of ether oxygens (including phenoxy) is 1. The molecule has 1 heterocycles. The predicted octanol–water partition coefficient (Wildman–Crippen LogP) is 0.505. The Bertz CT molecular complexity index is 355. The molecule has 0 aliphatic heterocycles. The predicted molar refractivity (Wildman–Crippen MR) is 44.2 cm³/mol.